The Morgan fingerprint density at radius 3 is 2.41 bits per heavy atom. The normalized spacial score (nSPS) is 13.0. The second-order valence-corrected chi connectivity index (χ2v) is 5.43. The molecule has 1 rings (SSSR count). The van der Waals surface area contributed by atoms with Crippen molar-refractivity contribution >= 4 is 19.7 Å². The third-order valence-electron chi connectivity index (χ3n) is 1.62. The monoisotopic (exact) mass is 293 g/mol. The first kappa shape index (κ1) is 14.2. The van der Waals surface area contributed by atoms with Gasteiger partial charge in [-0.25, -0.2) is 8.42 Å². The molecular weight excluding hydrogens is 287 g/mol. The van der Waals surface area contributed by atoms with Gasteiger partial charge in [-0.15, -0.1) is 10.2 Å². The van der Waals surface area contributed by atoms with E-state index in [4.69, 9.17) is 10.7 Å². The van der Waals surface area contributed by atoms with Gasteiger partial charge in [0.25, 0.3) is 14.2 Å². The maximum absolute atomic E-state index is 12.3. The molecule has 1 aromatic rings. The Bertz CT molecular complexity index is 498. The Hall–Kier alpha value is -0.870. The van der Waals surface area contributed by atoms with Crippen molar-refractivity contribution in [1.29, 1.82) is 0 Å². The number of nitrogens with zero attached hydrogens (tertiary/aromatic N) is 3. The number of hydrogen-bond acceptors (Lipinski definition) is 5. The van der Waals surface area contributed by atoms with Crippen LogP contribution < -0.4 is 0 Å². The fraction of sp³-hybridized carbons (Fsp3) is 0.667. The highest BCUT2D eigenvalue weighted by Gasteiger charge is 2.33. The highest BCUT2D eigenvalue weighted by Crippen LogP contribution is 2.22. The lowest BCUT2D eigenvalue weighted by molar-refractivity contribution is -0.142. The van der Waals surface area contributed by atoms with Crippen molar-refractivity contribution in [2.75, 3.05) is 7.11 Å². The second kappa shape index (κ2) is 4.78. The minimum atomic E-state index is -4.62. The van der Waals surface area contributed by atoms with Gasteiger partial charge in [-0.1, -0.05) is 0 Å². The summed E-state index contributed by atoms with van der Waals surface area (Å²) in [6.45, 7) is -1.87. The first-order chi connectivity index (χ1) is 7.65. The number of aromatic nitrogens is 3. The zero-order chi connectivity index (χ0) is 13.3. The van der Waals surface area contributed by atoms with Crippen LogP contribution in [0.4, 0.5) is 13.2 Å². The van der Waals surface area contributed by atoms with Crippen molar-refractivity contribution in [3.63, 3.8) is 0 Å². The largest absolute Gasteiger partial charge is 0.406 e. The summed E-state index contributed by atoms with van der Waals surface area (Å²) in [5, 5.41) is 5.43. The lowest BCUT2D eigenvalue weighted by Gasteiger charge is -2.10. The molecule has 0 saturated heterocycles. The molecule has 0 radical (unpaired) electrons. The molecule has 0 amide bonds. The van der Waals surface area contributed by atoms with Crippen molar-refractivity contribution in [3.05, 3.63) is 5.82 Å². The molecule has 0 spiro atoms. The SMILES string of the molecule is COCc1nnc(S(=O)(=O)Cl)n1CC(F)(F)F. The summed E-state index contributed by atoms with van der Waals surface area (Å²) in [7, 11) is 1.77. The summed E-state index contributed by atoms with van der Waals surface area (Å²) in [6, 6.07) is 0. The summed E-state index contributed by atoms with van der Waals surface area (Å²) in [4.78, 5) is 0. The van der Waals surface area contributed by atoms with E-state index in [9.17, 15) is 21.6 Å². The molecule has 98 valence electrons. The minimum Gasteiger partial charge on any atom is -0.377 e. The number of methoxy groups -OCH3 is 1. The van der Waals surface area contributed by atoms with Crippen LogP contribution >= 0.6 is 10.7 Å². The average molecular weight is 294 g/mol. The Labute approximate surface area is 98.8 Å². The molecular formula is C6H7ClF3N3O3S. The lowest BCUT2D eigenvalue weighted by Crippen LogP contribution is -2.22. The zero-order valence-corrected chi connectivity index (χ0v) is 9.97. The first-order valence-corrected chi connectivity index (χ1v) is 6.38. The molecule has 0 saturated carbocycles. The molecule has 11 heteroatoms. The maximum atomic E-state index is 12.3. The molecule has 0 aliphatic rings. The summed E-state index contributed by atoms with van der Waals surface area (Å²) in [6.07, 6.45) is -4.62. The van der Waals surface area contributed by atoms with Gasteiger partial charge in [0.05, 0.1) is 0 Å². The lowest BCUT2D eigenvalue weighted by atomic mass is 10.5. The van der Waals surface area contributed by atoms with Crippen LogP contribution in [0.25, 0.3) is 0 Å². The van der Waals surface area contributed by atoms with Crippen molar-refractivity contribution in [2.24, 2.45) is 0 Å². The number of hydrogen-bond donors (Lipinski definition) is 0. The van der Waals surface area contributed by atoms with Crippen molar-refractivity contribution in [3.8, 4) is 0 Å². The van der Waals surface area contributed by atoms with Crippen LogP contribution in [0.2, 0.25) is 0 Å². The van der Waals surface area contributed by atoms with Crippen LogP contribution in [-0.4, -0.2) is 36.5 Å². The molecule has 0 aliphatic carbocycles. The van der Waals surface area contributed by atoms with Gasteiger partial charge in [0.1, 0.15) is 13.2 Å². The molecule has 17 heavy (non-hydrogen) atoms. The van der Waals surface area contributed by atoms with Gasteiger partial charge in [0.15, 0.2) is 5.82 Å². The highest BCUT2D eigenvalue weighted by molar-refractivity contribution is 8.13. The van der Waals surface area contributed by atoms with Crippen LogP contribution in [0.15, 0.2) is 5.16 Å². The molecule has 1 heterocycles. The van der Waals surface area contributed by atoms with Gasteiger partial charge in [-0.05, 0) is 0 Å². The fourth-order valence-electron chi connectivity index (χ4n) is 1.07. The number of alkyl halides is 3. The Kier molecular flexibility index (Phi) is 3.99. The van der Waals surface area contributed by atoms with E-state index in [0.29, 0.717) is 4.57 Å². The average Bonchev–Trinajstić information content (AvgIpc) is 2.45. The fourth-order valence-corrected chi connectivity index (χ4v) is 1.99. The number of ether oxygens (including phenoxy) is 1. The molecule has 0 aromatic carbocycles. The molecule has 1 aromatic heterocycles. The molecule has 0 aliphatic heterocycles. The van der Waals surface area contributed by atoms with Gasteiger partial charge in [0.2, 0.25) is 0 Å². The Morgan fingerprint density at radius 2 is 2.00 bits per heavy atom. The molecule has 0 unspecified atom stereocenters. The van der Waals surface area contributed by atoms with E-state index >= 15 is 0 Å². The van der Waals surface area contributed by atoms with Crippen molar-refractivity contribution in [1.82, 2.24) is 14.8 Å². The third kappa shape index (κ3) is 3.82. The van der Waals surface area contributed by atoms with E-state index in [2.05, 4.69) is 14.9 Å². The van der Waals surface area contributed by atoms with E-state index in [-0.39, 0.29) is 12.4 Å². The van der Waals surface area contributed by atoms with Gasteiger partial charge < -0.3 is 4.74 Å². The van der Waals surface area contributed by atoms with Crippen LogP contribution in [-0.2, 0) is 26.9 Å². The highest BCUT2D eigenvalue weighted by atomic mass is 35.7. The predicted octanol–water partition coefficient (Wildman–Crippen LogP) is 0.914. The molecule has 6 nitrogen and oxygen atoms in total. The topological polar surface area (TPSA) is 74.1 Å². The molecule has 0 atom stereocenters. The number of halogens is 4. The van der Waals surface area contributed by atoms with E-state index in [1.165, 1.54) is 7.11 Å². The quantitative estimate of drug-likeness (QED) is 0.772. The third-order valence-corrected chi connectivity index (χ3v) is 2.77. The predicted molar refractivity (Wildman–Crippen MR) is 49.8 cm³/mol. The van der Waals surface area contributed by atoms with Gasteiger partial charge in [-0.2, -0.15) is 13.2 Å². The minimum absolute atomic E-state index is 0.274. The zero-order valence-electron chi connectivity index (χ0n) is 8.40. The smallest absolute Gasteiger partial charge is 0.377 e. The van der Waals surface area contributed by atoms with Crippen LogP contribution in [0, 0.1) is 0 Å². The van der Waals surface area contributed by atoms with Gasteiger partial charge in [0, 0.05) is 17.8 Å². The van der Waals surface area contributed by atoms with Gasteiger partial charge >= 0.3 is 6.18 Å². The van der Waals surface area contributed by atoms with Crippen molar-refractivity contribution in [2.45, 2.75) is 24.5 Å². The van der Waals surface area contributed by atoms with Crippen LogP contribution in [0.3, 0.4) is 0 Å². The summed E-state index contributed by atoms with van der Waals surface area (Å²) >= 11 is 0. The summed E-state index contributed by atoms with van der Waals surface area (Å²) in [5.41, 5.74) is 0. The molecule has 0 bridgehead atoms. The number of rotatable bonds is 4. The summed E-state index contributed by atoms with van der Waals surface area (Å²) in [5.74, 6) is -0.274. The Morgan fingerprint density at radius 1 is 1.41 bits per heavy atom. The molecule has 0 N–H and O–H groups in total. The Balaban J connectivity index is 3.25. The maximum Gasteiger partial charge on any atom is 0.406 e. The van der Waals surface area contributed by atoms with Crippen molar-refractivity contribution < 1.29 is 26.3 Å². The van der Waals surface area contributed by atoms with E-state index in [1.807, 2.05) is 0 Å². The molecule has 0 fully saturated rings. The van der Waals surface area contributed by atoms with Gasteiger partial charge in [-0.3, -0.25) is 4.57 Å². The summed E-state index contributed by atoms with van der Waals surface area (Å²) < 4.78 is 63.7. The van der Waals surface area contributed by atoms with E-state index in [0.717, 1.165) is 0 Å². The second-order valence-electron chi connectivity index (χ2n) is 2.97. The van der Waals surface area contributed by atoms with E-state index < -0.39 is 26.9 Å². The van der Waals surface area contributed by atoms with Crippen LogP contribution in [0.1, 0.15) is 5.82 Å². The van der Waals surface area contributed by atoms with E-state index in [1.54, 1.807) is 0 Å². The van der Waals surface area contributed by atoms with Crippen LogP contribution in [0.5, 0.6) is 0 Å². The standard InChI is InChI=1S/C6H7ClF3N3O3S/c1-16-2-4-11-12-5(17(7,14)15)13(4)3-6(8,9)10/h2-3H2,1H3. The first-order valence-electron chi connectivity index (χ1n) is 4.07.